The van der Waals surface area contributed by atoms with Crippen LogP contribution >= 0.6 is 27.5 Å². The number of nitrogens with zero attached hydrogens (tertiary/aromatic N) is 1. The van der Waals surface area contributed by atoms with Crippen molar-refractivity contribution in [1.82, 2.24) is 4.57 Å². The van der Waals surface area contributed by atoms with Gasteiger partial charge in [0.1, 0.15) is 12.4 Å². The summed E-state index contributed by atoms with van der Waals surface area (Å²) in [4.78, 5) is 11.9. The third-order valence-corrected chi connectivity index (χ3v) is 3.33. The van der Waals surface area contributed by atoms with Gasteiger partial charge in [0.25, 0.3) is 5.56 Å². The lowest BCUT2D eigenvalue weighted by Crippen LogP contribution is -2.24. The van der Waals surface area contributed by atoms with Gasteiger partial charge < -0.3 is 9.30 Å². The number of benzene rings is 1. The molecule has 0 saturated heterocycles. The molecule has 0 N–H and O–H groups in total. The van der Waals surface area contributed by atoms with Crippen LogP contribution in [0.15, 0.2) is 45.8 Å². The van der Waals surface area contributed by atoms with Gasteiger partial charge in [-0.15, -0.1) is 0 Å². The van der Waals surface area contributed by atoms with E-state index in [-0.39, 0.29) is 5.56 Å². The third-order valence-electron chi connectivity index (χ3n) is 2.65. The highest BCUT2D eigenvalue weighted by Gasteiger charge is 2.02. The first-order valence-electron chi connectivity index (χ1n) is 5.81. The van der Waals surface area contributed by atoms with Crippen molar-refractivity contribution in [2.45, 2.75) is 13.5 Å². The van der Waals surface area contributed by atoms with Crippen LogP contribution in [0, 0.1) is 6.92 Å². The van der Waals surface area contributed by atoms with E-state index >= 15 is 0 Å². The molecular formula is C14H13BrClNO2. The SMILES string of the molecule is Cc1cc(Br)cn(CCOc2ccc(Cl)cc2)c1=O. The average molecular weight is 343 g/mol. The van der Waals surface area contributed by atoms with Gasteiger partial charge >= 0.3 is 0 Å². The molecule has 1 aromatic heterocycles. The Balaban J connectivity index is 2.00. The molecule has 0 radical (unpaired) electrons. The van der Waals surface area contributed by atoms with E-state index in [1.165, 1.54) is 0 Å². The number of aromatic nitrogens is 1. The molecule has 0 bridgehead atoms. The molecule has 0 spiro atoms. The fraction of sp³-hybridized carbons (Fsp3) is 0.214. The quantitative estimate of drug-likeness (QED) is 0.849. The van der Waals surface area contributed by atoms with Gasteiger partial charge in [-0.2, -0.15) is 0 Å². The maximum atomic E-state index is 11.9. The van der Waals surface area contributed by atoms with Crippen molar-refractivity contribution < 1.29 is 4.74 Å². The zero-order valence-corrected chi connectivity index (χ0v) is 12.7. The van der Waals surface area contributed by atoms with Gasteiger partial charge in [-0.3, -0.25) is 4.79 Å². The summed E-state index contributed by atoms with van der Waals surface area (Å²) in [6.07, 6.45) is 1.76. The van der Waals surface area contributed by atoms with Gasteiger partial charge in [-0.1, -0.05) is 11.6 Å². The van der Waals surface area contributed by atoms with Crippen LogP contribution in [-0.4, -0.2) is 11.2 Å². The molecule has 1 heterocycles. The summed E-state index contributed by atoms with van der Waals surface area (Å²) in [5.41, 5.74) is 0.712. The van der Waals surface area contributed by atoms with Crippen molar-refractivity contribution >= 4 is 27.5 Å². The normalized spacial score (nSPS) is 10.5. The third kappa shape index (κ3) is 3.85. The number of rotatable bonds is 4. The van der Waals surface area contributed by atoms with Crippen LogP contribution < -0.4 is 10.3 Å². The molecular weight excluding hydrogens is 330 g/mol. The largest absolute Gasteiger partial charge is 0.492 e. The monoisotopic (exact) mass is 341 g/mol. The van der Waals surface area contributed by atoms with E-state index in [4.69, 9.17) is 16.3 Å². The lowest BCUT2D eigenvalue weighted by Gasteiger charge is -2.09. The Morgan fingerprint density at radius 1 is 1.32 bits per heavy atom. The number of hydrogen-bond acceptors (Lipinski definition) is 2. The average Bonchev–Trinajstić information content (AvgIpc) is 2.37. The summed E-state index contributed by atoms with van der Waals surface area (Å²) in [5, 5.41) is 0.672. The van der Waals surface area contributed by atoms with E-state index in [1.54, 1.807) is 48.0 Å². The van der Waals surface area contributed by atoms with Crippen LogP contribution in [0.2, 0.25) is 5.02 Å². The molecule has 0 aliphatic carbocycles. The molecule has 0 atom stereocenters. The minimum Gasteiger partial charge on any atom is -0.492 e. The predicted molar refractivity (Wildman–Crippen MR) is 80.1 cm³/mol. The van der Waals surface area contributed by atoms with Crippen molar-refractivity contribution in [2.24, 2.45) is 0 Å². The predicted octanol–water partition coefficient (Wildman–Crippen LogP) is 3.65. The van der Waals surface area contributed by atoms with Crippen LogP contribution in [0.4, 0.5) is 0 Å². The summed E-state index contributed by atoms with van der Waals surface area (Å²) >= 11 is 9.17. The molecule has 5 heteroatoms. The van der Waals surface area contributed by atoms with Gasteiger partial charge in [0.15, 0.2) is 0 Å². The summed E-state index contributed by atoms with van der Waals surface area (Å²) in [6.45, 7) is 2.73. The molecule has 0 unspecified atom stereocenters. The van der Waals surface area contributed by atoms with Gasteiger partial charge in [0, 0.05) is 21.3 Å². The second-order valence-electron chi connectivity index (χ2n) is 4.14. The standard InChI is InChI=1S/C14H13BrClNO2/c1-10-8-11(15)9-17(14(10)18)6-7-19-13-4-2-12(16)3-5-13/h2-5,8-9H,6-7H2,1H3. The van der Waals surface area contributed by atoms with Crippen LogP contribution in [0.5, 0.6) is 5.75 Å². The van der Waals surface area contributed by atoms with Crippen molar-refractivity contribution in [3.63, 3.8) is 0 Å². The summed E-state index contributed by atoms with van der Waals surface area (Å²) in [7, 11) is 0. The van der Waals surface area contributed by atoms with Gasteiger partial charge in [0.05, 0.1) is 6.54 Å². The molecule has 3 nitrogen and oxygen atoms in total. The van der Waals surface area contributed by atoms with E-state index in [2.05, 4.69) is 15.9 Å². The molecule has 19 heavy (non-hydrogen) atoms. The minimum atomic E-state index is 0.00269. The smallest absolute Gasteiger partial charge is 0.253 e. The molecule has 0 saturated carbocycles. The van der Waals surface area contributed by atoms with Crippen LogP contribution in [0.3, 0.4) is 0 Å². The molecule has 2 aromatic rings. The van der Waals surface area contributed by atoms with Crippen LogP contribution in [0.25, 0.3) is 0 Å². The summed E-state index contributed by atoms with van der Waals surface area (Å²) in [5.74, 6) is 0.740. The Labute approximate surface area is 124 Å². The molecule has 100 valence electrons. The zero-order chi connectivity index (χ0) is 13.8. The van der Waals surface area contributed by atoms with Crippen molar-refractivity contribution in [1.29, 1.82) is 0 Å². The first kappa shape index (κ1) is 14.2. The highest BCUT2D eigenvalue weighted by molar-refractivity contribution is 9.10. The Hall–Kier alpha value is -1.26. The Bertz CT molecular complexity index is 622. The molecule has 2 rings (SSSR count). The molecule has 0 amide bonds. The molecule has 1 aromatic carbocycles. The number of pyridine rings is 1. The van der Waals surface area contributed by atoms with Crippen molar-refractivity contribution in [3.05, 3.63) is 61.9 Å². The Kier molecular flexibility index (Phi) is 4.66. The lowest BCUT2D eigenvalue weighted by atomic mass is 10.3. The molecule has 0 fully saturated rings. The van der Waals surface area contributed by atoms with Crippen molar-refractivity contribution in [3.8, 4) is 5.75 Å². The summed E-state index contributed by atoms with van der Waals surface area (Å²) < 4.78 is 8.09. The number of hydrogen-bond donors (Lipinski definition) is 0. The first-order valence-corrected chi connectivity index (χ1v) is 6.98. The zero-order valence-electron chi connectivity index (χ0n) is 10.4. The van der Waals surface area contributed by atoms with E-state index in [0.29, 0.717) is 23.7 Å². The van der Waals surface area contributed by atoms with Crippen LogP contribution in [-0.2, 0) is 6.54 Å². The fourth-order valence-corrected chi connectivity index (χ4v) is 2.42. The highest BCUT2D eigenvalue weighted by atomic mass is 79.9. The fourth-order valence-electron chi connectivity index (χ4n) is 1.70. The first-order chi connectivity index (χ1) is 9.06. The lowest BCUT2D eigenvalue weighted by molar-refractivity contribution is 0.296. The van der Waals surface area contributed by atoms with Gasteiger partial charge in [-0.25, -0.2) is 0 Å². The number of halogens is 2. The highest BCUT2D eigenvalue weighted by Crippen LogP contribution is 2.15. The van der Waals surface area contributed by atoms with Crippen molar-refractivity contribution in [2.75, 3.05) is 6.61 Å². The minimum absolute atomic E-state index is 0.00269. The topological polar surface area (TPSA) is 31.2 Å². The molecule has 0 aliphatic heterocycles. The maximum Gasteiger partial charge on any atom is 0.253 e. The van der Waals surface area contributed by atoms with E-state index in [1.807, 2.05) is 0 Å². The second kappa shape index (κ2) is 6.26. The Morgan fingerprint density at radius 3 is 2.68 bits per heavy atom. The second-order valence-corrected chi connectivity index (χ2v) is 5.49. The van der Waals surface area contributed by atoms with E-state index in [0.717, 1.165) is 10.2 Å². The number of ether oxygens (including phenoxy) is 1. The van der Waals surface area contributed by atoms with Gasteiger partial charge in [0.2, 0.25) is 0 Å². The van der Waals surface area contributed by atoms with E-state index in [9.17, 15) is 4.79 Å². The van der Waals surface area contributed by atoms with Gasteiger partial charge in [-0.05, 0) is 53.2 Å². The van der Waals surface area contributed by atoms with Crippen LogP contribution in [0.1, 0.15) is 5.56 Å². The Morgan fingerprint density at radius 2 is 2.00 bits per heavy atom. The maximum absolute atomic E-state index is 11.9. The summed E-state index contributed by atoms with van der Waals surface area (Å²) in [6, 6.07) is 8.95. The van der Waals surface area contributed by atoms with E-state index < -0.39 is 0 Å². The molecule has 0 aliphatic rings. The number of aryl methyl sites for hydroxylation is 1.